The molecule has 0 spiro atoms. The Bertz CT molecular complexity index is 697. The van der Waals surface area contributed by atoms with Crippen molar-refractivity contribution < 1.29 is 8.42 Å². The van der Waals surface area contributed by atoms with Gasteiger partial charge in [-0.05, 0) is 31.4 Å². The highest BCUT2D eigenvalue weighted by atomic mass is 32.2. The first-order valence-electron chi connectivity index (χ1n) is 6.80. The largest absolute Gasteiger partial charge is 0.380 e. The predicted octanol–water partition coefficient (Wildman–Crippen LogP) is 1.04. The average Bonchev–Trinajstić information content (AvgIpc) is 3.09. The van der Waals surface area contributed by atoms with E-state index in [0.29, 0.717) is 5.82 Å². The molecule has 2 heterocycles. The van der Waals surface area contributed by atoms with E-state index in [9.17, 15) is 8.42 Å². The average molecular weight is 307 g/mol. The standard InChI is InChI=1S/C13H17N5O2S/c1-21(19,20)12-4-2-3-11(12)17-10-5-6-13(15-7-10)18-9-14-8-16-18/h5-9,11-12,17H,2-4H2,1H3. The van der Waals surface area contributed by atoms with E-state index in [-0.39, 0.29) is 11.3 Å². The minimum Gasteiger partial charge on any atom is -0.380 e. The van der Waals surface area contributed by atoms with Gasteiger partial charge in [-0.3, -0.25) is 0 Å². The summed E-state index contributed by atoms with van der Waals surface area (Å²) in [5.41, 5.74) is 0.819. The molecule has 21 heavy (non-hydrogen) atoms. The maximum absolute atomic E-state index is 11.8. The fourth-order valence-electron chi connectivity index (χ4n) is 2.75. The van der Waals surface area contributed by atoms with Gasteiger partial charge in [-0.1, -0.05) is 0 Å². The van der Waals surface area contributed by atoms with Crippen LogP contribution in [0.5, 0.6) is 0 Å². The van der Waals surface area contributed by atoms with Crippen LogP contribution in [0.3, 0.4) is 0 Å². The van der Waals surface area contributed by atoms with E-state index in [4.69, 9.17) is 0 Å². The molecule has 1 aliphatic carbocycles. The van der Waals surface area contributed by atoms with E-state index in [0.717, 1.165) is 24.9 Å². The summed E-state index contributed by atoms with van der Waals surface area (Å²) in [6.07, 6.45) is 8.54. The lowest BCUT2D eigenvalue weighted by Gasteiger charge is -2.20. The van der Waals surface area contributed by atoms with Crippen molar-refractivity contribution in [2.45, 2.75) is 30.6 Å². The van der Waals surface area contributed by atoms with Crippen LogP contribution in [0, 0.1) is 0 Å². The third kappa shape index (κ3) is 3.05. The second-order valence-electron chi connectivity index (χ2n) is 5.29. The Morgan fingerprint density at radius 1 is 1.33 bits per heavy atom. The molecule has 2 atom stereocenters. The number of hydrogen-bond acceptors (Lipinski definition) is 6. The quantitative estimate of drug-likeness (QED) is 0.907. The molecule has 8 heteroatoms. The van der Waals surface area contributed by atoms with Gasteiger partial charge in [0.25, 0.3) is 0 Å². The zero-order valence-electron chi connectivity index (χ0n) is 11.7. The Labute approximate surface area is 123 Å². The SMILES string of the molecule is CS(=O)(=O)C1CCCC1Nc1ccc(-n2cncn2)nc1. The lowest BCUT2D eigenvalue weighted by molar-refractivity contribution is 0.579. The van der Waals surface area contributed by atoms with Gasteiger partial charge in [-0.25, -0.2) is 23.1 Å². The van der Waals surface area contributed by atoms with Crippen molar-refractivity contribution in [1.82, 2.24) is 19.7 Å². The van der Waals surface area contributed by atoms with E-state index in [1.807, 2.05) is 12.1 Å². The van der Waals surface area contributed by atoms with Crippen molar-refractivity contribution in [2.75, 3.05) is 11.6 Å². The van der Waals surface area contributed by atoms with Crippen LogP contribution in [0.1, 0.15) is 19.3 Å². The number of pyridine rings is 1. The molecular weight excluding hydrogens is 290 g/mol. The van der Waals surface area contributed by atoms with Gasteiger partial charge in [0.05, 0.1) is 17.1 Å². The molecule has 0 saturated heterocycles. The number of rotatable bonds is 4. The van der Waals surface area contributed by atoms with Gasteiger partial charge < -0.3 is 5.32 Å². The monoisotopic (exact) mass is 307 g/mol. The van der Waals surface area contributed by atoms with Crippen LogP contribution in [0.2, 0.25) is 0 Å². The predicted molar refractivity (Wildman–Crippen MR) is 79.0 cm³/mol. The Morgan fingerprint density at radius 2 is 2.19 bits per heavy atom. The molecule has 3 rings (SSSR count). The molecule has 2 aromatic rings. The van der Waals surface area contributed by atoms with Gasteiger partial charge in [0.15, 0.2) is 15.7 Å². The molecule has 1 aliphatic rings. The fraction of sp³-hybridized carbons (Fsp3) is 0.462. The van der Waals surface area contributed by atoms with Gasteiger partial charge in [0, 0.05) is 12.3 Å². The second kappa shape index (κ2) is 5.44. The van der Waals surface area contributed by atoms with E-state index in [2.05, 4.69) is 20.4 Å². The minimum absolute atomic E-state index is 0.0426. The van der Waals surface area contributed by atoms with Crippen LogP contribution in [0.25, 0.3) is 5.82 Å². The van der Waals surface area contributed by atoms with Crippen LogP contribution in [-0.4, -0.2) is 45.7 Å². The van der Waals surface area contributed by atoms with E-state index < -0.39 is 9.84 Å². The first-order valence-corrected chi connectivity index (χ1v) is 8.76. The molecule has 112 valence electrons. The Hall–Kier alpha value is -1.96. The molecule has 2 aromatic heterocycles. The molecular formula is C13H17N5O2S. The Morgan fingerprint density at radius 3 is 2.81 bits per heavy atom. The number of anilines is 1. The molecule has 1 saturated carbocycles. The first kappa shape index (κ1) is 14.0. The molecule has 0 amide bonds. The molecule has 7 nitrogen and oxygen atoms in total. The third-order valence-electron chi connectivity index (χ3n) is 3.76. The van der Waals surface area contributed by atoms with Crippen molar-refractivity contribution in [3.63, 3.8) is 0 Å². The maximum Gasteiger partial charge on any atom is 0.155 e. The molecule has 1 fully saturated rings. The second-order valence-corrected chi connectivity index (χ2v) is 7.56. The summed E-state index contributed by atoms with van der Waals surface area (Å²) < 4.78 is 25.1. The van der Waals surface area contributed by atoms with Crippen molar-refractivity contribution in [2.24, 2.45) is 0 Å². The number of nitrogens with one attached hydrogen (secondary N) is 1. The van der Waals surface area contributed by atoms with Crippen LogP contribution >= 0.6 is 0 Å². The van der Waals surface area contributed by atoms with Crippen molar-refractivity contribution in [3.05, 3.63) is 31.0 Å². The minimum atomic E-state index is -3.02. The van der Waals surface area contributed by atoms with E-state index in [1.165, 1.54) is 12.6 Å². The smallest absolute Gasteiger partial charge is 0.155 e. The van der Waals surface area contributed by atoms with E-state index >= 15 is 0 Å². The topological polar surface area (TPSA) is 89.8 Å². The summed E-state index contributed by atoms with van der Waals surface area (Å²) in [5.74, 6) is 0.670. The summed E-state index contributed by atoms with van der Waals surface area (Å²) in [4.78, 5) is 8.17. The molecule has 0 aromatic carbocycles. The van der Waals surface area contributed by atoms with Crippen LogP contribution in [-0.2, 0) is 9.84 Å². The normalized spacial score (nSPS) is 22.3. The zero-order valence-corrected chi connectivity index (χ0v) is 12.5. The lowest BCUT2D eigenvalue weighted by Crippen LogP contribution is -2.34. The van der Waals surface area contributed by atoms with Crippen molar-refractivity contribution in [1.29, 1.82) is 0 Å². The van der Waals surface area contributed by atoms with Gasteiger partial charge >= 0.3 is 0 Å². The number of sulfone groups is 1. The number of aromatic nitrogens is 4. The van der Waals surface area contributed by atoms with Crippen LogP contribution in [0.4, 0.5) is 5.69 Å². The summed E-state index contributed by atoms with van der Waals surface area (Å²) >= 11 is 0. The van der Waals surface area contributed by atoms with Crippen LogP contribution < -0.4 is 5.32 Å². The maximum atomic E-state index is 11.8. The van der Waals surface area contributed by atoms with Gasteiger partial charge in [0.2, 0.25) is 0 Å². The lowest BCUT2D eigenvalue weighted by atomic mass is 10.2. The molecule has 0 radical (unpaired) electrons. The summed E-state index contributed by atoms with van der Waals surface area (Å²) in [5, 5.41) is 6.98. The van der Waals surface area contributed by atoms with Gasteiger partial charge in [0.1, 0.15) is 12.7 Å². The highest BCUT2D eigenvalue weighted by molar-refractivity contribution is 7.91. The van der Waals surface area contributed by atoms with Crippen molar-refractivity contribution >= 4 is 15.5 Å². The molecule has 2 unspecified atom stereocenters. The zero-order chi connectivity index (χ0) is 14.9. The number of nitrogens with zero attached hydrogens (tertiary/aromatic N) is 4. The van der Waals surface area contributed by atoms with Crippen LogP contribution in [0.15, 0.2) is 31.0 Å². The molecule has 0 bridgehead atoms. The highest BCUT2D eigenvalue weighted by Gasteiger charge is 2.34. The number of hydrogen-bond donors (Lipinski definition) is 1. The van der Waals surface area contributed by atoms with Gasteiger partial charge in [-0.15, -0.1) is 0 Å². The highest BCUT2D eigenvalue weighted by Crippen LogP contribution is 2.27. The van der Waals surface area contributed by atoms with Gasteiger partial charge in [-0.2, -0.15) is 5.10 Å². The summed E-state index contributed by atoms with van der Waals surface area (Å²) in [6.45, 7) is 0. The Kier molecular flexibility index (Phi) is 3.62. The summed E-state index contributed by atoms with van der Waals surface area (Å²) in [6, 6.07) is 3.65. The summed E-state index contributed by atoms with van der Waals surface area (Å²) in [7, 11) is -3.02. The third-order valence-corrected chi connectivity index (χ3v) is 5.42. The van der Waals surface area contributed by atoms with E-state index in [1.54, 1.807) is 17.2 Å². The van der Waals surface area contributed by atoms with Crippen molar-refractivity contribution in [3.8, 4) is 5.82 Å². The Balaban J connectivity index is 1.73. The fourth-order valence-corrected chi connectivity index (χ4v) is 4.15. The molecule has 0 aliphatic heterocycles. The first-order chi connectivity index (χ1) is 10.0. The molecule has 1 N–H and O–H groups in total.